The molecule has 0 heterocycles. The average Bonchev–Trinajstić information content (AvgIpc) is 2.49. The van der Waals surface area contributed by atoms with Gasteiger partial charge in [0, 0.05) is 29.2 Å². The van der Waals surface area contributed by atoms with Crippen molar-refractivity contribution >= 4 is 28.9 Å². The van der Waals surface area contributed by atoms with Crippen LogP contribution in [-0.2, 0) is 9.59 Å². The zero-order chi connectivity index (χ0) is 15.9. The number of nitrogens with one attached hydrogen (secondary N) is 2. The molecule has 2 rings (SSSR count). The van der Waals surface area contributed by atoms with E-state index in [9.17, 15) is 9.59 Å². The number of hydrogen-bond donors (Lipinski definition) is 3. The lowest BCUT2D eigenvalue weighted by molar-refractivity contribution is -0.131. The maximum atomic E-state index is 11.4. The highest BCUT2D eigenvalue weighted by Crippen LogP contribution is 2.19. The number of carboxylic acid groups (broad SMARTS) is 1. The molecule has 0 unspecified atom stereocenters. The van der Waals surface area contributed by atoms with Crippen LogP contribution in [0.5, 0.6) is 0 Å². The molecule has 0 radical (unpaired) electrons. The Morgan fingerprint density at radius 1 is 0.864 bits per heavy atom. The van der Waals surface area contributed by atoms with Crippen LogP contribution >= 0.6 is 0 Å². The summed E-state index contributed by atoms with van der Waals surface area (Å²) in [5.74, 6) is -1.64. The molecule has 0 fully saturated rings. The van der Waals surface area contributed by atoms with Crippen LogP contribution in [0.25, 0.3) is 0 Å². The van der Waals surface area contributed by atoms with Crippen LogP contribution in [0.15, 0.2) is 60.7 Å². The summed E-state index contributed by atoms with van der Waals surface area (Å²) >= 11 is 0. The molecule has 0 bridgehead atoms. The van der Waals surface area contributed by atoms with Gasteiger partial charge in [0.05, 0.1) is 0 Å². The van der Waals surface area contributed by atoms with Gasteiger partial charge in [0.25, 0.3) is 0 Å². The maximum Gasteiger partial charge on any atom is 0.328 e. The Balaban J connectivity index is 1.96. The third-order valence-electron chi connectivity index (χ3n) is 2.87. The van der Waals surface area contributed by atoms with E-state index in [2.05, 4.69) is 10.6 Å². The Labute approximate surface area is 128 Å². The van der Waals surface area contributed by atoms with Crippen molar-refractivity contribution in [3.63, 3.8) is 0 Å². The molecule has 0 aliphatic rings. The van der Waals surface area contributed by atoms with E-state index in [1.165, 1.54) is 5.56 Å². The van der Waals surface area contributed by atoms with Gasteiger partial charge >= 0.3 is 5.97 Å². The molecule has 0 aromatic heterocycles. The number of anilines is 3. The number of aryl methyl sites for hydroxylation is 1. The lowest BCUT2D eigenvalue weighted by atomic mass is 10.2. The van der Waals surface area contributed by atoms with Crippen molar-refractivity contribution in [2.75, 3.05) is 10.6 Å². The summed E-state index contributed by atoms with van der Waals surface area (Å²) in [7, 11) is 0. The van der Waals surface area contributed by atoms with Crippen molar-refractivity contribution in [1.29, 1.82) is 0 Å². The molecule has 1 amide bonds. The molecule has 22 heavy (non-hydrogen) atoms. The lowest BCUT2D eigenvalue weighted by Gasteiger charge is -2.08. The first-order chi connectivity index (χ1) is 10.5. The Morgan fingerprint density at radius 3 is 1.91 bits per heavy atom. The molecule has 3 N–H and O–H groups in total. The first-order valence-corrected chi connectivity index (χ1v) is 6.69. The first kappa shape index (κ1) is 15.3. The summed E-state index contributed by atoms with van der Waals surface area (Å²) in [5, 5.41) is 14.3. The molecule has 0 saturated carbocycles. The molecular weight excluding hydrogens is 280 g/mol. The Morgan fingerprint density at radius 2 is 1.36 bits per heavy atom. The minimum atomic E-state index is -1.16. The van der Waals surface area contributed by atoms with Crippen molar-refractivity contribution < 1.29 is 14.7 Å². The number of aliphatic carboxylic acids is 1. The molecule has 5 heteroatoms. The fourth-order valence-corrected chi connectivity index (χ4v) is 1.77. The highest BCUT2D eigenvalue weighted by molar-refractivity contribution is 6.02. The fraction of sp³-hybridized carbons (Fsp3) is 0.0588. The summed E-state index contributed by atoms with van der Waals surface area (Å²) in [6, 6.07) is 15.2. The Hall–Kier alpha value is -3.08. The average molecular weight is 296 g/mol. The maximum absolute atomic E-state index is 11.4. The van der Waals surface area contributed by atoms with Gasteiger partial charge in [0.15, 0.2) is 0 Å². The zero-order valence-corrected chi connectivity index (χ0v) is 12.0. The molecule has 2 aromatic rings. The second-order valence-corrected chi connectivity index (χ2v) is 4.73. The quantitative estimate of drug-likeness (QED) is 0.740. The van der Waals surface area contributed by atoms with Gasteiger partial charge in [-0.1, -0.05) is 17.7 Å². The summed E-state index contributed by atoms with van der Waals surface area (Å²) in [4.78, 5) is 21.8. The zero-order valence-electron chi connectivity index (χ0n) is 12.0. The minimum Gasteiger partial charge on any atom is -0.478 e. The number of amides is 1. The molecular formula is C17H16N2O3. The molecule has 0 aliphatic heterocycles. The summed E-state index contributed by atoms with van der Waals surface area (Å²) in [5.41, 5.74) is 3.65. The normalized spacial score (nSPS) is 10.4. The Kier molecular flexibility index (Phi) is 4.93. The van der Waals surface area contributed by atoms with Gasteiger partial charge in [0.2, 0.25) is 5.91 Å². The molecule has 0 spiro atoms. The van der Waals surface area contributed by atoms with E-state index < -0.39 is 11.9 Å². The van der Waals surface area contributed by atoms with Crippen LogP contribution < -0.4 is 10.6 Å². The van der Waals surface area contributed by atoms with E-state index in [1.54, 1.807) is 12.1 Å². The van der Waals surface area contributed by atoms with E-state index >= 15 is 0 Å². The molecule has 0 saturated heterocycles. The van der Waals surface area contributed by atoms with Crippen molar-refractivity contribution in [3.8, 4) is 0 Å². The standard InChI is InChI=1S/C17H16N2O3/c1-12-2-4-13(5-3-12)18-14-6-8-15(9-7-14)19-16(20)10-11-17(21)22/h2-11,18H,1H3,(H,19,20)(H,21,22). The number of rotatable bonds is 5. The first-order valence-electron chi connectivity index (χ1n) is 6.69. The lowest BCUT2D eigenvalue weighted by Crippen LogP contribution is -2.08. The van der Waals surface area contributed by atoms with Gasteiger partial charge < -0.3 is 15.7 Å². The van der Waals surface area contributed by atoms with Crippen LogP contribution in [0, 0.1) is 6.92 Å². The molecule has 112 valence electrons. The van der Waals surface area contributed by atoms with E-state index in [-0.39, 0.29) is 0 Å². The predicted molar refractivity (Wildman–Crippen MR) is 86.3 cm³/mol. The topological polar surface area (TPSA) is 78.4 Å². The summed E-state index contributed by atoms with van der Waals surface area (Å²) in [6.45, 7) is 2.03. The predicted octanol–water partition coefficient (Wildman–Crippen LogP) is 3.32. The summed E-state index contributed by atoms with van der Waals surface area (Å²) < 4.78 is 0. The number of carbonyl (C=O) groups excluding carboxylic acids is 1. The largest absolute Gasteiger partial charge is 0.478 e. The smallest absolute Gasteiger partial charge is 0.328 e. The van der Waals surface area contributed by atoms with Gasteiger partial charge in [-0.15, -0.1) is 0 Å². The van der Waals surface area contributed by atoms with Crippen LogP contribution in [0.3, 0.4) is 0 Å². The van der Waals surface area contributed by atoms with E-state index in [0.29, 0.717) is 5.69 Å². The van der Waals surface area contributed by atoms with E-state index in [1.807, 2.05) is 43.3 Å². The highest BCUT2D eigenvalue weighted by Gasteiger charge is 2.00. The highest BCUT2D eigenvalue weighted by atomic mass is 16.4. The summed E-state index contributed by atoms with van der Waals surface area (Å²) in [6.07, 6.45) is 1.77. The minimum absolute atomic E-state index is 0.485. The fourth-order valence-electron chi connectivity index (χ4n) is 1.77. The third-order valence-corrected chi connectivity index (χ3v) is 2.87. The molecule has 0 aliphatic carbocycles. The van der Waals surface area contributed by atoms with Gasteiger partial charge in [-0.2, -0.15) is 0 Å². The molecule has 5 nitrogen and oxygen atoms in total. The monoisotopic (exact) mass is 296 g/mol. The number of benzene rings is 2. The molecule has 2 aromatic carbocycles. The van der Waals surface area contributed by atoms with E-state index in [0.717, 1.165) is 23.5 Å². The van der Waals surface area contributed by atoms with E-state index in [4.69, 9.17) is 5.11 Å². The van der Waals surface area contributed by atoms with Gasteiger partial charge in [-0.25, -0.2) is 4.79 Å². The van der Waals surface area contributed by atoms with Crippen LogP contribution in [0.2, 0.25) is 0 Å². The van der Waals surface area contributed by atoms with Crippen LogP contribution in [0.1, 0.15) is 5.56 Å². The second-order valence-electron chi connectivity index (χ2n) is 4.73. The number of hydrogen-bond acceptors (Lipinski definition) is 3. The van der Waals surface area contributed by atoms with Gasteiger partial charge in [-0.3, -0.25) is 4.79 Å². The van der Waals surface area contributed by atoms with Crippen molar-refractivity contribution in [2.24, 2.45) is 0 Å². The molecule has 0 atom stereocenters. The van der Waals surface area contributed by atoms with Crippen molar-refractivity contribution in [1.82, 2.24) is 0 Å². The second kappa shape index (κ2) is 7.08. The SMILES string of the molecule is Cc1ccc(Nc2ccc(NC(=O)C=CC(=O)O)cc2)cc1. The van der Waals surface area contributed by atoms with Crippen molar-refractivity contribution in [3.05, 3.63) is 66.2 Å². The number of carbonyl (C=O) groups is 2. The Bertz CT molecular complexity index is 689. The number of carboxylic acids is 1. The van der Waals surface area contributed by atoms with Crippen LogP contribution in [0.4, 0.5) is 17.1 Å². The van der Waals surface area contributed by atoms with Crippen molar-refractivity contribution in [2.45, 2.75) is 6.92 Å². The third kappa shape index (κ3) is 4.79. The van der Waals surface area contributed by atoms with Gasteiger partial charge in [-0.05, 0) is 43.3 Å². The van der Waals surface area contributed by atoms with Crippen LogP contribution in [-0.4, -0.2) is 17.0 Å². The van der Waals surface area contributed by atoms with Gasteiger partial charge in [0.1, 0.15) is 0 Å².